The Morgan fingerprint density at radius 3 is 1.08 bits per heavy atom. The molecule has 12 heteroatoms. The van der Waals surface area contributed by atoms with Crippen LogP contribution in [0, 0.1) is 0 Å². The van der Waals surface area contributed by atoms with Crippen molar-refractivity contribution in [2.24, 2.45) is 0 Å². The number of hydrogen-bond donors (Lipinski definition) is 0. The number of rotatable bonds is 2. The molecule has 0 aromatic carbocycles. The summed E-state index contributed by atoms with van der Waals surface area (Å²) in [4.78, 5) is 21.8. The molecule has 0 saturated carbocycles. The van der Waals surface area contributed by atoms with Crippen LogP contribution in [0.1, 0.15) is 25.7 Å². The van der Waals surface area contributed by atoms with Crippen molar-refractivity contribution in [3.8, 4) is 0 Å². The molecule has 24 heavy (non-hydrogen) atoms. The number of hydrogen-bond acceptors (Lipinski definition) is 8. The third kappa shape index (κ3) is 3.75. The van der Waals surface area contributed by atoms with E-state index in [1.807, 2.05) is 0 Å². The zero-order valence-corrected chi connectivity index (χ0v) is 15.3. The second-order valence-corrected chi connectivity index (χ2v) is 10.4. The highest BCUT2D eigenvalue weighted by atomic mass is 32.2. The first-order valence-electron chi connectivity index (χ1n) is 7.68. The van der Waals surface area contributed by atoms with E-state index in [4.69, 9.17) is 19.6 Å². The summed E-state index contributed by atoms with van der Waals surface area (Å²) in [5.74, 6) is -2.25. The van der Waals surface area contributed by atoms with Crippen molar-refractivity contribution in [1.82, 2.24) is 8.61 Å². The van der Waals surface area contributed by atoms with Gasteiger partial charge < -0.3 is 0 Å². The largest absolute Gasteiger partial charge is 0.236 e. The molecule has 0 N–H and O–H groups in total. The quantitative estimate of drug-likeness (QED) is 0.579. The monoisotopic (exact) mass is 386 g/mol. The van der Waals surface area contributed by atoms with E-state index in [0.29, 0.717) is 0 Å². The lowest BCUT2D eigenvalue weighted by molar-refractivity contribution is -0.662. The molecule has 3 rings (SSSR count). The van der Waals surface area contributed by atoms with Crippen LogP contribution in [0.5, 0.6) is 0 Å². The number of piperidine rings is 2. The standard InChI is InChI=1S/C12H22N2O8S2/c1-23(15,16)13-7-3-11(4-8-13)19-21-12(22-20-11)5-9-14(10-6-12)24(2,17)18/h3-10H2,1-2H3. The molecule has 140 valence electrons. The highest BCUT2D eigenvalue weighted by Crippen LogP contribution is 2.40. The Kier molecular flexibility index (Phi) is 4.71. The van der Waals surface area contributed by atoms with Crippen molar-refractivity contribution in [1.29, 1.82) is 0 Å². The first kappa shape index (κ1) is 18.5. The summed E-state index contributed by atoms with van der Waals surface area (Å²) >= 11 is 0. The van der Waals surface area contributed by atoms with Crippen LogP contribution in [-0.2, 0) is 39.6 Å². The lowest BCUT2D eigenvalue weighted by Crippen LogP contribution is -2.58. The van der Waals surface area contributed by atoms with E-state index in [2.05, 4.69) is 0 Å². The molecule has 10 nitrogen and oxygen atoms in total. The average molecular weight is 386 g/mol. The van der Waals surface area contributed by atoms with E-state index in [1.165, 1.54) is 8.61 Å². The van der Waals surface area contributed by atoms with E-state index in [0.717, 1.165) is 12.5 Å². The maximum Gasteiger partial charge on any atom is 0.236 e. The minimum Gasteiger partial charge on any atom is -0.213 e. The van der Waals surface area contributed by atoms with Crippen LogP contribution in [0.3, 0.4) is 0 Å². The Morgan fingerprint density at radius 1 is 0.625 bits per heavy atom. The van der Waals surface area contributed by atoms with Gasteiger partial charge in [-0.3, -0.25) is 0 Å². The van der Waals surface area contributed by atoms with Crippen LogP contribution < -0.4 is 0 Å². The molecule has 2 spiro atoms. The fourth-order valence-electron chi connectivity index (χ4n) is 2.98. The number of sulfonamides is 2. The minimum absolute atomic E-state index is 0.250. The first-order valence-corrected chi connectivity index (χ1v) is 11.4. The summed E-state index contributed by atoms with van der Waals surface area (Å²) in [5, 5.41) is 0. The second kappa shape index (κ2) is 6.13. The van der Waals surface area contributed by atoms with Crippen LogP contribution in [0.25, 0.3) is 0 Å². The Hall–Kier alpha value is -0.340. The Labute approximate surface area is 141 Å². The zero-order chi connectivity index (χ0) is 17.6. The molecular weight excluding hydrogens is 364 g/mol. The average Bonchev–Trinajstić information content (AvgIpc) is 2.50. The van der Waals surface area contributed by atoms with Crippen LogP contribution in [0.2, 0.25) is 0 Å². The van der Waals surface area contributed by atoms with Crippen LogP contribution in [-0.4, -0.2) is 75.7 Å². The van der Waals surface area contributed by atoms with Crippen LogP contribution >= 0.6 is 0 Å². The van der Waals surface area contributed by atoms with Gasteiger partial charge >= 0.3 is 0 Å². The van der Waals surface area contributed by atoms with Gasteiger partial charge in [0.1, 0.15) is 0 Å². The van der Waals surface area contributed by atoms with E-state index >= 15 is 0 Å². The van der Waals surface area contributed by atoms with Crippen molar-refractivity contribution in [2.75, 3.05) is 38.7 Å². The normalized spacial score (nSPS) is 29.1. The Bertz CT molecular complexity index is 604. The molecule has 3 aliphatic rings. The highest BCUT2D eigenvalue weighted by Gasteiger charge is 2.52. The third-order valence-corrected chi connectivity index (χ3v) is 7.20. The summed E-state index contributed by atoms with van der Waals surface area (Å²) in [7, 11) is -6.50. The fraction of sp³-hybridized carbons (Fsp3) is 1.00. The molecular formula is C12H22N2O8S2. The Morgan fingerprint density at radius 2 is 0.875 bits per heavy atom. The summed E-state index contributed by atoms with van der Waals surface area (Å²) in [6.07, 6.45) is 3.45. The fourth-order valence-corrected chi connectivity index (χ4v) is 4.67. The van der Waals surface area contributed by atoms with Gasteiger partial charge in [-0.1, -0.05) is 0 Å². The first-order chi connectivity index (χ1) is 11.0. The predicted octanol–water partition coefficient (Wildman–Crippen LogP) is -0.600. The zero-order valence-electron chi connectivity index (χ0n) is 13.6. The van der Waals surface area contributed by atoms with Gasteiger partial charge in [0.25, 0.3) is 0 Å². The van der Waals surface area contributed by atoms with Crippen molar-refractivity contribution < 1.29 is 36.4 Å². The smallest absolute Gasteiger partial charge is 0.213 e. The molecule has 0 radical (unpaired) electrons. The molecule has 0 aliphatic carbocycles. The van der Waals surface area contributed by atoms with Gasteiger partial charge in [-0.2, -0.15) is 19.6 Å². The molecule has 3 fully saturated rings. The molecule has 3 aliphatic heterocycles. The second-order valence-electron chi connectivity index (χ2n) is 6.48. The van der Waals surface area contributed by atoms with Crippen molar-refractivity contribution in [3.05, 3.63) is 0 Å². The topological polar surface area (TPSA) is 112 Å². The summed E-state index contributed by atoms with van der Waals surface area (Å²) in [6, 6.07) is 0. The van der Waals surface area contributed by atoms with Gasteiger partial charge in [-0.15, -0.1) is 0 Å². The van der Waals surface area contributed by atoms with Crippen molar-refractivity contribution >= 4 is 20.0 Å². The van der Waals surface area contributed by atoms with Crippen molar-refractivity contribution in [2.45, 2.75) is 37.3 Å². The van der Waals surface area contributed by atoms with Crippen LogP contribution in [0.4, 0.5) is 0 Å². The van der Waals surface area contributed by atoms with E-state index < -0.39 is 31.6 Å². The minimum atomic E-state index is -3.25. The van der Waals surface area contributed by atoms with Crippen LogP contribution in [0.15, 0.2) is 0 Å². The summed E-state index contributed by atoms with van der Waals surface area (Å²) in [5.41, 5.74) is 0. The Balaban J connectivity index is 1.56. The highest BCUT2D eigenvalue weighted by molar-refractivity contribution is 7.88. The molecule has 0 amide bonds. The maximum atomic E-state index is 11.5. The molecule has 3 saturated heterocycles. The molecule has 0 bridgehead atoms. The SMILES string of the molecule is CS(=O)(=O)N1CCC2(CC1)OOC1(CCN(S(C)(=O)=O)CC1)OO2. The number of nitrogens with zero attached hydrogens (tertiary/aromatic N) is 2. The molecule has 0 aromatic rings. The van der Waals surface area contributed by atoms with Gasteiger partial charge in [0, 0.05) is 51.9 Å². The van der Waals surface area contributed by atoms with E-state index in [1.54, 1.807) is 0 Å². The van der Waals surface area contributed by atoms with Gasteiger partial charge in [0.15, 0.2) is 0 Å². The molecule has 0 unspecified atom stereocenters. The third-order valence-electron chi connectivity index (χ3n) is 4.60. The maximum absolute atomic E-state index is 11.5. The molecule has 0 aromatic heterocycles. The molecule has 3 heterocycles. The van der Waals surface area contributed by atoms with Gasteiger partial charge in [-0.25, -0.2) is 25.4 Å². The lowest BCUT2D eigenvalue weighted by Gasteiger charge is -2.47. The summed E-state index contributed by atoms with van der Waals surface area (Å²) < 4.78 is 48.9. The predicted molar refractivity (Wildman–Crippen MR) is 81.1 cm³/mol. The van der Waals surface area contributed by atoms with E-state index in [9.17, 15) is 16.8 Å². The van der Waals surface area contributed by atoms with Crippen molar-refractivity contribution in [3.63, 3.8) is 0 Å². The van der Waals surface area contributed by atoms with E-state index in [-0.39, 0.29) is 51.9 Å². The lowest BCUT2D eigenvalue weighted by atomic mass is 10.0. The van der Waals surface area contributed by atoms with Gasteiger partial charge in [-0.05, 0) is 0 Å². The van der Waals surface area contributed by atoms with Gasteiger partial charge in [0.2, 0.25) is 31.6 Å². The van der Waals surface area contributed by atoms with Gasteiger partial charge in [0.05, 0.1) is 12.5 Å². The summed E-state index contributed by atoms with van der Waals surface area (Å²) in [6.45, 7) is 1.00. The molecule has 0 atom stereocenters.